The van der Waals surface area contributed by atoms with Crippen LogP contribution in [0.2, 0.25) is 0 Å². The molecule has 7 heteroatoms. The van der Waals surface area contributed by atoms with Gasteiger partial charge in [-0.2, -0.15) is 0 Å². The Balaban J connectivity index is 1.34. The molecule has 2 heterocycles. The normalized spacial score (nSPS) is 27.2. The molecule has 2 aliphatic heterocycles. The summed E-state index contributed by atoms with van der Waals surface area (Å²) in [7, 11) is 0. The number of ether oxygens (including phenoxy) is 1. The van der Waals surface area contributed by atoms with Gasteiger partial charge in [0, 0.05) is 37.0 Å². The Labute approximate surface area is 171 Å². The molecule has 0 radical (unpaired) electrons. The Morgan fingerprint density at radius 3 is 2.66 bits per heavy atom. The lowest BCUT2D eigenvalue weighted by Crippen LogP contribution is -2.42. The molecule has 1 saturated carbocycles. The van der Waals surface area contributed by atoms with E-state index in [1.807, 2.05) is 4.90 Å². The number of Topliss-reactive ketones (excluding diaryl/α,β-unsaturated/α-hetero) is 1. The van der Waals surface area contributed by atoms with Crippen molar-refractivity contribution in [1.82, 2.24) is 4.90 Å². The van der Waals surface area contributed by atoms with Crippen molar-refractivity contribution >= 4 is 23.3 Å². The second-order valence-electron chi connectivity index (χ2n) is 8.54. The zero-order valence-electron chi connectivity index (χ0n) is 16.9. The zero-order chi connectivity index (χ0) is 20.5. The number of rotatable bonds is 4. The van der Waals surface area contributed by atoms with Gasteiger partial charge in [0.2, 0.25) is 5.91 Å². The molecule has 156 valence electrons. The number of carbonyl (C=O) groups excluding carboxylic acids is 3. The highest BCUT2D eigenvalue weighted by molar-refractivity contribution is 6.02. The van der Waals surface area contributed by atoms with Crippen molar-refractivity contribution in [2.75, 3.05) is 18.4 Å². The quantitative estimate of drug-likeness (QED) is 0.757. The third-order valence-electron chi connectivity index (χ3n) is 6.57. The monoisotopic (exact) mass is 399 g/mol. The molecule has 7 nitrogen and oxygen atoms in total. The highest BCUT2D eigenvalue weighted by Crippen LogP contribution is 2.33. The van der Waals surface area contributed by atoms with Crippen LogP contribution < -0.4 is 15.8 Å². The Hall–Kier alpha value is -2.41. The number of benzene rings is 1. The van der Waals surface area contributed by atoms with Gasteiger partial charge in [0.1, 0.15) is 5.75 Å². The maximum Gasteiger partial charge on any atom is 0.265 e. The number of carbonyl (C=O) groups is 3. The number of piperidine rings is 1. The van der Waals surface area contributed by atoms with Crippen molar-refractivity contribution in [2.45, 2.75) is 57.6 Å². The smallest absolute Gasteiger partial charge is 0.265 e. The van der Waals surface area contributed by atoms with Crippen molar-refractivity contribution in [1.29, 1.82) is 0 Å². The van der Waals surface area contributed by atoms with E-state index in [1.165, 1.54) is 0 Å². The molecule has 1 unspecified atom stereocenters. The first-order chi connectivity index (χ1) is 13.9. The Morgan fingerprint density at radius 1 is 1.21 bits per heavy atom. The minimum atomic E-state index is -0.537. The van der Waals surface area contributed by atoms with E-state index in [0.717, 1.165) is 19.3 Å². The first-order valence-electron chi connectivity index (χ1n) is 10.6. The summed E-state index contributed by atoms with van der Waals surface area (Å²) in [4.78, 5) is 39.3. The molecule has 2 fully saturated rings. The van der Waals surface area contributed by atoms with Crippen LogP contribution in [-0.4, -0.2) is 47.7 Å². The van der Waals surface area contributed by atoms with Gasteiger partial charge in [-0.3, -0.25) is 14.4 Å². The van der Waals surface area contributed by atoms with Gasteiger partial charge in [-0.15, -0.1) is 0 Å². The highest BCUT2D eigenvalue weighted by Gasteiger charge is 2.32. The van der Waals surface area contributed by atoms with Crippen LogP contribution in [-0.2, 0) is 9.59 Å². The minimum absolute atomic E-state index is 0.0607. The van der Waals surface area contributed by atoms with Crippen molar-refractivity contribution < 1.29 is 19.1 Å². The van der Waals surface area contributed by atoms with Crippen LogP contribution in [0.4, 0.5) is 5.69 Å². The number of hydrogen-bond donors (Lipinski definition) is 2. The second-order valence-corrected chi connectivity index (χ2v) is 8.54. The van der Waals surface area contributed by atoms with Crippen LogP contribution in [0.5, 0.6) is 5.75 Å². The van der Waals surface area contributed by atoms with Crippen LogP contribution in [0, 0.1) is 11.8 Å². The van der Waals surface area contributed by atoms with Crippen molar-refractivity contribution in [3.05, 3.63) is 23.8 Å². The topological polar surface area (TPSA) is 102 Å². The molecule has 0 bridgehead atoms. The summed E-state index contributed by atoms with van der Waals surface area (Å²) in [6, 6.07) is 5.34. The molecular weight excluding hydrogens is 370 g/mol. The van der Waals surface area contributed by atoms with Crippen LogP contribution in [0.25, 0.3) is 0 Å². The third kappa shape index (κ3) is 4.15. The van der Waals surface area contributed by atoms with Crippen molar-refractivity contribution in [2.24, 2.45) is 17.6 Å². The number of nitrogens with one attached hydrogen (secondary N) is 1. The fourth-order valence-electron chi connectivity index (χ4n) is 4.66. The molecule has 2 amide bonds. The van der Waals surface area contributed by atoms with Crippen LogP contribution in [0.15, 0.2) is 18.2 Å². The van der Waals surface area contributed by atoms with E-state index in [9.17, 15) is 14.4 Å². The average molecular weight is 399 g/mol. The first-order valence-corrected chi connectivity index (χ1v) is 10.6. The second kappa shape index (κ2) is 8.14. The molecule has 1 aromatic carbocycles. The number of hydrogen-bond acceptors (Lipinski definition) is 5. The maximum absolute atomic E-state index is 13.0. The summed E-state index contributed by atoms with van der Waals surface area (Å²) in [5.41, 5.74) is 7.21. The summed E-state index contributed by atoms with van der Waals surface area (Å²) in [6.07, 6.45) is 4.49. The molecule has 4 rings (SSSR count). The van der Waals surface area contributed by atoms with E-state index in [0.29, 0.717) is 55.3 Å². The van der Waals surface area contributed by atoms with Gasteiger partial charge in [-0.05, 0) is 56.7 Å². The predicted molar refractivity (Wildman–Crippen MR) is 109 cm³/mol. The number of nitrogens with two attached hydrogens (primary N) is 1. The summed E-state index contributed by atoms with van der Waals surface area (Å²) in [5, 5.41) is 2.79. The van der Waals surface area contributed by atoms with Gasteiger partial charge in [0.05, 0.1) is 5.69 Å². The van der Waals surface area contributed by atoms with Gasteiger partial charge in [-0.1, -0.05) is 6.42 Å². The molecule has 1 aromatic rings. The number of ketones is 1. The van der Waals surface area contributed by atoms with Gasteiger partial charge in [0.15, 0.2) is 11.9 Å². The summed E-state index contributed by atoms with van der Waals surface area (Å²) < 4.78 is 5.55. The summed E-state index contributed by atoms with van der Waals surface area (Å²) >= 11 is 0. The molecule has 1 aliphatic carbocycles. The van der Waals surface area contributed by atoms with E-state index in [4.69, 9.17) is 10.5 Å². The highest BCUT2D eigenvalue weighted by atomic mass is 16.5. The van der Waals surface area contributed by atoms with Gasteiger partial charge in [0.25, 0.3) is 5.91 Å². The first kappa shape index (κ1) is 19.9. The van der Waals surface area contributed by atoms with E-state index >= 15 is 0 Å². The van der Waals surface area contributed by atoms with E-state index in [1.54, 1.807) is 25.1 Å². The average Bonchev–Trinajstić information content (AvgIpc) is 3.12. The molecule has 3 aliphatic rings. The fraction of sp³-hybridized carbons (Fsp3) is 0.591. The van der Waals surface area contributed by atoms with Gasteiger partial charge >= 0.3 is 0 Å². The largest absolute Gasteiger partial charge is 0.479 e. The number of likely N-dealkylation sites (tertiary alicyclic amines) is 1. The Bertz CT molecular complexity index is 816. The molecule has 0 aromatic heterocycles. The maximum atomic E-state index is 13.0. The Kier molecular flexibility index (Phi) is 5.58. The Morgan fingerprint density at radius 2 is 1.97 bits per heavy atom. The molecule has 3 atom stereocenters. The molecule has 0 spiro atoms. The number of anilines is 1. The molecule has 3 N–H and O–H groups in total. The van der Waals surface area contributed by atoms with Crippen molar-refractivity contribution in [3.63, 3.8) is 0 Å². The lowest BCUT2D eigenvalue weighted by molar-refractivity contribution is -0.133. The summed E-state index contributed by atoms with van der Waals surface area (Å²) in [6.45, 7) is 2.91. The summed E-state index contributed by atoms with van der Waals surface area (Å²) in [5.74, 6) is 0.796. The predicted octanol–water partition coefficient (Wildman–Crippen LogP) is 2.34. The SMILES string of the molecule is CC1Oc2ccc(C(=O)C3CCN(C(=O)C[C@@H]4CCC[C@H]4N)CC3)cc2NC1=O. The van der Waals surface area contributed by atoms with Crippen LogP contribution >= 0.6 is 0 Å². The minimum Gasteiger partial charge on any atom is -0.479 e. The zero-order valence-corrected chi connectivity index (χ0v) is 16.9. The third-order valence-corrected chi connectivity index (χ3v) is 6.57. The van der Waals surface area contributed by atoms with Crippen LogP contribution in [0.3, 0.4) is 0 Å². The lowest BCUT2D eigenvalue weighted by Gasteiger charge is -2.32. The number of amides is 2. The van der Waals surface area contributed by atoms with Crippen molar-refractivity contribution in [3.8, 4) is 5.75 Å². The van der Waals surface area contributed by atoms with Crippen LogP contribution in [0.1, 0.15) is 55.8 Å². The van der Waals surface area contributed by atoms with Gasteiger partial charge < -0.3 is 20.7 Å². The van der Waals surface area contributed by atoms with E-state index in [-0.39, 0.29) is 29.6 Å². The van der Waals surface area contributed by atoms with E-state index < -0.39 is 6.10 Å². The molecule has 29 heavy (non-hydrogen) atoms. The van der Waals surface area contributed by atoms with E-state index in [2.05, 4.69) is 5.32 Å². The number of fused-ring (bicyclic) bond motifs is 1. The molecular formula is C22H29N3O4. The molecule has 1 saturated heterocycles. The fourth-order valence-corrected chi connectivity index (χ4v) is 4.66. The lowest BCUT2D eigenvalue weighted by atomic mass is 9.88. The number of nitrogens with zero attached hydrogens (tertiary/aromatic N) is 1. The standard InChI is InChI=1S/C22H29N3O4/c1-13-22(28)24-18-11-16(5-6-19(18)29-13)21(27)14-7-9-25(10-8-14)20(26)12-15-3-2-4-17(15)23/h5-6,11,13-15,17H,2-4,7-10,12,23H2,1H3,(H,24,28)/t13?,15-,17+/m0/s1. The van der Waals surface area contributed by atoms with Gasteiger partial charge in [-0.25, -0.2) is 0 Å².